The first kappa shape index (κ1) is 24.9. The standard InChI is InChI=1S/C16H25NO4.C10H17N/c1-10-8-11(12(18)16(5)6-7-16)13(19)17(9-10)14(20)21-15(2,3)4;1-8-3-4-9(11-7-8)10(2)5-6-10/h10-11H,6-9H2,1-5H3;8H,3-7H2,1-2H3/t10-,11?;8-/m00/s1. The lowest BCUT2D eigenvalue weighted by Crippen LogP contribution is -2.52. The molecular weight excluding hydrogens is 404 g/mol. The quantitative estimate of drug-likeness (QED) is 0.542. The third-order valence-corrected chi connectivity index (χ3v) is 7.39. The largest absolute Gasteiger partial charge is 0.443 e. The number of amides is 2. The second kappa shape index (κ2) is 8.90. The average Bonchev–Trinajstić information content (AvgIpc) is 3.62. The molecule has 4 aliphatic rings. The monoisotopic (exact) mass is 446 g/mol. The van der Waals surface area contributed by atoms with Crippen LogP contribution in [0.15, 0.2) is 4.99 Å². The molecule has 0 bridgehead atoms. The molecule has 0 aromatic heterocycles. The normalized spacial score (nSPS) is 30.5. The number of ether oxygens (including phenoxy) is 1. The molecule has 1 unspecified atom stereocenters. The van der Waals surface area contributed by atoms with Gasteiger partial charge < -0.3 is 4.74 Å². The fourth-order valence-corrected chi connectivity index (χ4v) is 4.51. The van der Waals surface area contributed by atoms with Crippen LogP contribution in [-0.2, 0) is 14.3 Å². The molecule has 1 saturated heterocycles. The third kappa shape index (κ3) is 5.99. The summed E-state index contributed by atoms with van der Waals surface area (Å²) in [6.07, 6.45) is 7.00. The molecule has 0 aromatic carbocycles. The minimum atomic E-state index is -0.686. The van der Waals surface area contributed by atoms with Gasteiger partial charge in [-0.25, -0.2) is 9.69 Å². The van der Waals surface area contributed by atoms with Crippen molar-refractivity contribution < 1.29 is 19.1 Å². The number of hydrogen-bond acceptors (Lipinski definition) is 5. The summed E-state index contributed by atoms with van der Waals surface area (Å²) in [5.74, 6) is -0.130. The van der Waals surface area contributed by atoms with Gasteiger partial charge in [0.05, 0.1) is 5.92 Å². The van der Waals surface area contributed by atoms with Gasteiger partial charge in [-0.05, 0) is 77.6 Å². The Morgan fingerprint density at radius 1 is 1.06 bits per heavy atom. The predicted octanol–water partition coefficient (Wildman–Crippen LogP) is 5.43. The zero-order chi connectivity index (χ0) is 23.9. The molecule has 180 valence electrons. The Morgan fingerprint density at radius 2 is 1.69 bits per heavy atom. The van der Waals surface area contributed by atoms with Crippen LogP contribution >= 0.6 is 0 Å². The smallest absolute Gasteiger partial charge is 0.417 e. The van der Waals surface area contributed by atoms with Crippen LogP contribution in [0.1, 0.15) is 93.4 Å². The topological polar surface area (TPSA) is 76.0 Å². The van der Waals surface area contributed by atoms with E-state index in [1.807, 2.05) is 13.8 Å². The summed E-state index contributed by atoms with van der Waals surface area (Å²) in [7, 11) is 0. The summed E-state index contributed by atoms with van der Waals surface area (Å²) in [5.41, 5.74) is 1.08. The highest BCUT2D eigenvalue weighted by Gasteiger charge is 2.52. The maximum absolute atomic E-state index is 12.5. The number of Topliss-reactive ketones (excluding diaryl/α,β-unsaturated/α-hetero) is 1. The van der Waals surface area contributed by atoms with Crippen molar-refractivity contribution in [1.29, 1.82) is 0 Å². The van der Waals surface area contributed by atoms with Crippen molar-refractivity contribution in [2.75, 3.05) is 13.1 Å². The predicted molar refractivity (Wildman–Crippen MR) is 126 cm³/mol. The van der Waals surface area contributed by atoms with Crippen molar-refractivity contribution in [3.8, 4) is 0 Å². The molecule has 2 heterocycles. The van der Waals surface area contributed by atoms with Gasteiger partial charge in [0.25, 0.3) is 0 Å². The van der Waals surface area contributed by atoms with E-state index in [-0.39, 0.29) is 23.0 Å². The minimum Gasteiger partial charge on any atom is -0.443 e. The summed E-state index contributed by atoms with van der Waals surface area (Å²) in [6, 6.07) is 0. The van der Waals surface area contributed by atoms with E-state index in [0.717, 1.165) is 30.2 Å². The summed E-state index contributed by atoms with van der Waals surface area (Å²) in [5, 5.41) is 0. The highest BCUT2D eigenvalue weighted by Crippen LogP contribution is 2.49. The molecule has 3 fully saturated rings. The van der Waals surface area contributed by atoms with Gasteiger partial charge in [-0.1, -0.05) is 27.7 Å². The van der Waals surface area contributed by atoms with Crippen molar-refractivity contribution in [2.45, 2.75) is 99.0 Å². The van der Waals surface area contributed by atoms with E-state index in [9.17, 15) is 14.4 Å². The van der Waals surface area contributed by atoms with Crippen molar-refractivity contribution in [2.24, 2.45) is 33.6 Å². The van der Waals surface area contributed by atoms with Gasteiger partial charge in [-0.15, -0.1) is 0 Å². The van der Waals surface area contributed by atoms with Crippen molar-refractivity contribution in [1.82, 2.24) is 4.90 Å². The van der Waals surface area contributed by atoms with Crippen LogP contribution < -0.4 is 0 Å². The van der Waals surface area contributed by atoms with E-state index in [1.54, 1.807) is 20.8 Å². The van der Waals surface area contributed by atoms with Crippen LogP contribution in [0.5, 0.6) is 0 Å². The van der Waals surface area contributed by atoms with Crippen LogP contribution in [-0.4, -0.2) is 47.1 Å². The third-order valence-electron chi connectivity index (χ3n) is 7.39. The molecule has 2 saturated carbocycles. The van der Waals surface area contributed by atoms with E-state index in [0.29, 0.717) is 18.4 Å². The van der Waals surface area contributed by atoms with Gasteiger partial charge in [0.2, 0.25) is 5.91 Å². The maximum Gasteiger partial charge on any atom is 0.417 e. The van der Waals surface area contributed by atoms with Crippen LogP contribution in [0.25, 0.3) is 0 Å². The fourth-order valence-electron chi connectivity index (χ4n) is 4.51. The van der Waals surface area contributed by atoms with E-state index >= 15 is 0 Å². The number of ketones is 1. The number of hydrogen-bond donors (Lipinski definition) is 0. The first-order valence-corrected chi connectivity index (χ1v) is 12.4. The average molecular weight is 447 g/mol. The molecular formula is C26H42N2O4. The van der Waals surface area contributed by atoms with Crippen LogP contribution in [0.2, 0.25) is 0 Å². The number of imide groups is 1. The molecule has 4 rings (SSSR count). The lowest BCUT2D eigenvalue weighted by Gasteiger charge is -2.35. The summed E-state index contributed by atoms with van der Waals surface area (Å²) in [4.78, 5) is 43.0. The first-order chi connectivity index (χ1) is 14.7. The second-order valence-electron chi connectivity index (χ2n) is 12.2. The van der Waals surface area contributed by atoms with Gasteiger partial charge in [-0.2, -0.15) is 0 Å². The summed E-state index contributed by atoms with van der Waals surface area (Å²) < 4.78 is 5.28. The Kier molecular flexibility index (Phi) is 6.93. The lowest BCUT2D eigenvalue weighted by molar-refractivity contribution is -0.146. The van der Waals surface area contributed by atoms with Crippen LogP contribution in [0, 0.1) is 28.6 Å². The molecule has 0 spiro atoms. The molecule has 6 nitrogen and oxygen atoms in total. The van der Waals surface area contributed by atoms with Crippen LogP contribution in [0.3, 0.4) is 0 Å². The SMILES string of the molecule is C[C@H]1CC(C(=O)C2(C)CC2)C(=O)N(C(=O)OC(C)(C)C)C1.C[C@H]1CCC(C2(C)CC2)=NC1. The van der Waals surface area contributed by atoms with Gasteiger partial charge in [0.1, 0.15) is 5.60 Å². The second-order valence-corrected chi connectivity index (χ2v) is 12.2. The molecule has 0 N–H and O–H groups in total. The highest BCUT2D eigenvalue weighted by atomic mass is 16.6. The van der Waals surface area contributed by atoms with Gasteiger partial charge in [-0.3, -0.25) is 14.6 Å². The van der Waals surface area contributed by atoms with Crippen LogP contribution in [0.4, 0.5) is 4.79 Å². The first-order valence-electron chi connectivity index (χ1n) is 12.4. The summed E-state index contributed by atoms with van der Waals surface area (Å²) in [6.45, 7) is 15.2. The van der Waals surface area contributed by atoms with Crippen molar-refractivity contribution in [3.05, 3.63) is 0 Å². The molecule has 0 radical (unpaired) electrons. The Morgan fingerprint density at radius 3 is 2.16 bits per heavy atom. The Labute approximate surface area is 193 Å². The van der Waals surface area contributed by atoms with E-state index in [2.05, 4.69) is 18.8 Å². The lowest BCUT2D eigenvalue weighted by atomic mass is 9.81. The molecule has 2 aliphatic carbocycles. The number of piperidine rings is 1. The zero-order valence-corrected chi connectivity index (χ0v) is 21.1. The number of likely N-dealkylation sites (tertiary alicyclic amines) is 1. The number of nitrogens with zero attached hydrogens (tertiary/aromatic N) is 2. The van der Waals surface area contributed by atoms with Crippen molar-refractivity contribution in [3.63, 3.8) is 0 Å². The molecule has 32 heavy (non-hydrogen) atoms. The Bertz CT molecular complexity index is 786. The molecule has 0 aromatic rings. The Balaban J connectivity index is 0.000000219. The number of carbonyl (C=O) groups excluding carboxylic acids is 3. The van der Waals surface area contributed by atoms with Gasteiger partial charge in [0, 0.05) is 29.6 Å². The summed E-state index contributed by atoms with van der Waals surface area (Å²) >= 11 is 0. The van der Waals surface area contributed by atoms with Crippen molar-refractivity contribution >= 4 is 23.5 Å². The molecule has 3 atom stereocenters. The van der Waals surface area contributed by atoms with E-state index in [4.69, 9.17) is 4.74 Å². The molecule has 2 amide bonds. The Hall–Kier alpha value is -1.72. The highest BCUT2D eigenvalue weighted by molar-refractivity contribution is 6.09. The molecule has 2 aliphatic heterocycles. The number of rotatable bonds is 3. The fraction of sp³-hybridized carbons (Fsp3) is 0.846. The number of carbonyl (C=O) groups is 3. The number of aliphatic imine (C=N–C) groups is 1. The molecule has 6 heteroatoms. The van der Waals surface area contributed by atoms with E-state index in [1.165, 1.54) is 31.4 Å². The van der Waals surface area contributed by atoms with Gasteiger partial charge in [0.15, 0.2) is 5.78 Å². The maximum atomic E-state index is 12.5. The van der Waals surface area contributed by atoms with Gasteiger partial charge >= 0.3 is 6.09 Å². The zero-order valence-electron chi connectivity index (χ0n) is 21.1. The minimum absolute atomic E-state index is 0.00684. The van der Waals surface area contributed by atoms with E-state index < -0.39 is 17.6 Å².